The van der Waals surface area contributed by atoms with E-state index in [2.05, 4.69) is 0 Å². The standard InChI is InChI=1S/C19H22N2O4S/c22-19(18-6-3-13-25-18)20-9-11-21(12-10-20)26(23,24)17-8-7-15-4-1-2-5-16(15)14-17/h3,6-8,13-14H,1-2,4-5,9-12H2. The third kappa shape index (κ3) is 3.17. The second-order valence-corrected chi connectivity index (χ2v) is 8.75. The van der Waals surface area contributed by atoms with Gasteiger partial charge in [-0.05, 0) is 61.1 Å². The molecule has 4 rings (SSSR count). The van der Waals surface area contributed by atoms with Crippen LogP contribution in [0, 0.1) is 0 Å². The van der Waals surface area contributed by atoms with Crippen LogP contribution in [-0.4, -0.2) is 49.7 Å². The lowest BCUT2D eigenvalue weighted by Crippen LogP contribution is -2.50. The summed E-state index contributed by atoms with van der Waals surface area (Å²) in [5.41, 5.74) is 2.42. The molecule has 2 aromatic rings. The van der Waals surface area contributed by atoms with Crippen LogP contribution >= 0.6 is 0 Å². The molecule has 1 amide bonds. The van der Waals surface area contributed by atoms with Crippen molar-refractivity contribution in [3.8, 4) is 0 Å². The van der Waals surface area contributed by atoms with Crippen LogP contribution in [0.2, 0.25) is 0 Å². The van der Waals surface area contributed by atoms with Crippen LogP contribution in [0.15, 0.2) is 45.9 Å². The molecule has 0 atom stereocenters. The van der Waals surface area contributed by atoms with Gasteiger partial charge in [0.25, 0.3) is 5.91 Å². The van der Waals surface area contributed by atoms with Gasteiger partial charge in [-0.1, -0.05) is 6.07 Å². The van der Waals surface area contributed by atoms with E-state index in [1.54, 1.807) is 23.1 Å². The lowest BCUT2D eigenvalue weighted by atomic mass is 9.92. The SMILES string of the molecule is O=C(c1ccco1)N1CCN(S(=O)(=O)c2ccc3c(c2)CCCC3)CC1. The van der Waals surface area contributed by atoms with Crippen LogP contribution in [0.1, 0.15) is 34.5 Å². The van der Waals surface area contributed by atoms with Crippen LogP contribution in [0.4, 0.5) is 0 Å². The quantitative estimate of drug-likeness (QED) is 0.827. The van der Waals surface area contributed by atoms with Gasteiger partial charge in [-0.25, -0.2) is 8.42 Å². The Morgan fingerprint density at radius 1 is 0.962 bits per heavy atom. The zero-order valence-corrected chi connectivity index (χ0v) is 15.4. The summed E-state index contributed by atoms with van der Waals surface area (Å²) in [5, 5.41) is 0. The second-order valence-electron chi connectivity index (χ2n) is 6.81. The summed E-state index contributed by atoms with van der Waals surface area (Å²) >= 11 is 0. The van der Waals surface area contributed by atoms with Gasteiger partial charge in [-0.2, -0.15) is 4.31 Å². The number of furan rings is 1. The Balaban J connectivity index is 1.47. The number of fused-ring (bicyclic) bond motifs is 1. The van der Waals surface area contributed by atoms with Gasteiger partial charge in [-0.15, -0.1) is 0 Å². The largest absolute Gasteiger partial charge is 0.459 e. The van der Waals surface area contributed by atoms with Gasteiger partial charge in [0.1, 0.15) is 0 Å². The first-order valence-electron chi connectivity index (χ1n) is 9.00. The van der Waals surface area contributed by atoms with Gasteiger partial charge >= 0.3 is 0 Å². The number of hydrogen-bond donors (Lipinski definition) is 0. The molecule has 0 saturated carbocycles. The Morgan fingerprint density at radius 2 is 1.69 bits per heavy atom. The first-order valence-corrected chi connectivity index (χ1v) is 10.4. The molecule has 2 aliphatic rings. The van der Waals surface area contributed by atoms with E-state index in [9.17, 15) is 13.2 Å². The summed E-state index contributed by atoms with van der Waals surface area (Å²) < 4.78 is 32.6. The van der Waals surface area contributed by atoms with Crippen molar-refractivity contribution in [2.24, 2.45) is 0 Å². The average Bonchev–Trinajstić information content (AvgIpc) is 3.22. The van der Waals surface area contributed by atoms with Crippen molar-refractivity contribution in [2.45, 2.75) is 30.6 Å². The van der Waals surface area contributed by atoms with E-state index in [0.29, 0.717) is 31.1 Å². The monoisotopic (exact) mass is 374 g/mol. The Labute approximate surface area is 153 Å². The number of piperazine rings is 1. The van der Waals surface area contributed by atoms with E-state index in [4.69, 9.17) is 4.42 Å². The number of amides is 1. The third-order valence-electron chi connectivity index (χ3n) is 5.22. The number of sulfonamides is 1. The highest BCUT2D eigenvalue weighted by Crippen LogP contribution is 2.26. The average molecular weight is 374 g/mol. The highest BCUT2D eigenvalue weighted by molar-refractivity contribution is 7.89. The minimum Gasteiger partial charge on any atom is -0.459 e. The minimum atomic E-state index is -3.53. The predicted molar refractivity (Wildman–Crippen MR) is 96.5 cm³/mol. The summed E-state index contributed by atoms with van der Waals surface area (Å²) in [7, 11) is -3.53. The molecule has 1 fully saturated rings. The molecule has 7 heteroatoms. The molecular formula is C19H22N2O4S. The fraction of sp³-hybridized carbons (Fsp3) is 0.421. The maximum Gasteiger partial charge on any atom is 0.289 e. The topological polar surface area (TPSA) is 70.8 Å². The van der Waals surface area contributed by atoms with E-state index >= 15 is 0 Å². The van der Waals surface area contributed by atoms with Crippen molar-refractivity contribution in [3.05, 3.63) is 53.5 Å². The summed E-state index contributed by atoms with van der Waals surface area (Å²) in [6.45, 7) is 1.32. The first kappa shape index (κ1) is 17.3. The summed E-state index contributed by atoms with van der Waals surface area (Å²) in [6, 6.07) is 8.81. The molecule has 2 heterocycles. The van der Waals surface area contributed by atoms with E-state index in [1.807, 2.05) is 12.1 Å². The van der Waals surface area contributed by atoms with E-state index in [1.165, 1.54) is 22.6 Å². The molecule has 6 nitrogen and oxygen atoms in total. The van der Waals surface area contributed by atoms with Crippen molar-refractivity contribution >= 4 is 15.9 Å². The Kier molecular flexibility index (Phi) is 4.58. The Bertz CT molecular complexity index is 898. The van der Waals surface area contributed by atoms with Crippen molar-refractivity contribution in [3.63, 3.8) is 0 Å². The summed E-state index contributed by atoms with van der Waals surface area (Å²) in [6.07, 6.45) is 5.73. The zero-order chi connectivity index (χ0) is 18.1. The summed E-state index contributed by atoms with van der Waals surface area (Å²) in [5.74, 6) is 0.0943. The van der Waals surface area contributed by atoms with Crippen LogP contribution in [0.5, 0.6) is 0 Å². The molecular weight excluding hydrogens is 352 g/mol. The number of aryl methyl sites for hydroxylation is 2. The van der Waals surface area contributed by atoms with Crippen molar-refractivity contribution in [1.82, 2.24) is 9.21 Å². The fourth-order valence-electron chi connectivity index (χ4n) is 3.71. The molecule has 0 radical (unpaired) electrons. The smallest absolute Gasteiger partial charge is 0.289 e. The molecule has 1 aromatic heterocycles. The van der Waals surface area contributed by atoms with Crippen molar-refractivity contribution < 1.29 is 17.6 Å². The molecule has 0 bridgehead atoms. The maximum absolute atomic E-state index is 13.0. The summed E-state index contributed by atoms with van der Waals surface area (Å²) in [4.78, 5) is 14.3. The van der Waals surface area contributed by atoms with Gasteiger partial charge in [0.2, 0.25) is 10.0 Å². The second kappa shape index (κ2) is 6.89. The highest BCUT2D eigenvalue weighted by atomic mass is 32.2. The van der Waals surface area contributed by atoms with Gasteiger partial charge in [-0.3, -0.25) is 4.79 Å². The van der Waals surface area contributed by atoms with Gasteiger partial charge in [0, 0.05) is 26.2 Å². The molecule has 1 aromatic carbocycles. The fourth-order valence-corrected chi connectivity index (χ4v) is 5.18. The zero-order valence-electron chi connectivity index (χ0n) is 14.6. The lowest BCUT2D eigenvalue weighted by molar-refractivity contribution is 0.0666. The van der Waals surface area contributed by atoms with Crippen molar-refractivity contribution in [2.75, 3.05) is 26.2 Å². The number of rotatable bonds is 3. The molecule has 0 unspecified atom stereocenters. The van der Waals surface area contributed by atoms with Crippen LogP contribution in [-0.2, 0) is 22.9 Å². The maximum atomic E-state index is 13.0. The van der Waals surface area contributed by atoms with Crippen LogP contribution in [0.3, 0.4) is 0 Å². The molecule has 1 aliphatic carbocycles. The molecule has 0 spiro atoms. The molecule has 1 saturated heterocycles. The first-order chi connectivity index (χ1) is 12.6. The van der Waals surface area contributed by atoms with Crippen LogP contribution in [0.25, 0.3) is 0 Å². The molecule has 26 heavy (non-hydrogen) atoms. The highest BCUT2D eigenvalue weighted by Gasteiger charge is 2.31. The number of carbonyl (C=O) groups excluding carboxylic acids is 1. The number of hydrogen-bond acceptors (Lipinski definition) is 4. The van der Waals surface area contributed by atoms with E-state index in [0.717, 1.165) is 24.8 Å². The third-order valence-corrected chi connectivity index (χ3v) is 7.11. The lowest BCUT2D eigenvalue weighted by Gasteiger charge is -2.33. The molecule has 0 N–H and O–H groups in total. The number of benzene rings is 1. The van der Waals surface area contributed by atoms with Gasteiger partial charge < -0.3 is 9.32 Å². The van der Waals surface area contributed by atoms with Gasteiger partial charge in [0.15, 0.2) is 5.76 Å². The van der Waals surface area contributed by atoms with E-state index < -0.39 is 10.0 Å². The normalized spacial score (nSPS) is 18.5. The van der Waals surface area contributed by atoms with Crippen LogP contribution < -0.4 is 0 Å². The molecule has 1 aliphatic heterocycles. The Hall–Kier alpha value is -2.12. The van der Waals surface area contributed by atoms with Crippen molar-refractivity contribution in [1.29, 1.82) is 0 Å². The predicted octanol–water partition coefficient (Wildman–Crippen LogP) is 2.31. The Morgan fingerprint density at radius 3 is 2.38 bits per heavy atom. The number of nitrogens with zero attached hydrogens (tertiary/aromatic N) is 2. The molecule has 138 valence electrons. The van der Waals surface area contributed by atoms with E-state index in [-0.39, 0.29) is 11.7 Å². The van der Waals surface area contributed by atoms with Gasteiger partial charge in [0.05, 0.1) is 11.2 Å². The number of carbonyl (C=O) groups is 1. The minimum absolute atomic E-state index is 0.194.